The van der Waals surface area contributed by atoms with Gasteiger partial charge in [0.05, 0.1) is 18.4 Å². The number of hydrogen-bond acceptors (Lipinski definition) is 5. The van der Waals surface area contributed by atoms with Crippen molar-refractivity contribution in [3.63, 3.8) is 0 Å². The molecule has 0 aromatic carbocycles. The third kappa shape index (κ3) is 2.74. The minimum Gasteiger partial charge on any atom is -0.444 e. The van der Waals surface area contributed by atoms with E-state index in [1.165, 1.54) is 0 Å². The molecular formula is C15H19N5O. The molecule has 1 N–H and O–H groups in total. The van der Waals surface area contributed by atoms with Crippen LogP contribution in [0, 0.1) is 0 Å². The quantitative estimate of drug-likeness (QED) is 0.780. The maximum Gasteiger partial charge on any atom is 0.213 e. The molecule has 3 aromatic heterocycles. The molecule has 110 valence electrons. The molecule has 0 bridgehead atoms. The molecule has 3 heterocycles. The van der Waals surface area contributed by atoms with Crippen LogP contribution in [0.3, 0.4) is 0 Å². The van der Waals surface area contributed by atoms with Crippen LogP contribution in [-0.2, 0) is 13.0 Å². The van der Waals surface area contributed by atoms with Crippen LogP contribution in [0.25, 0.3) is 5.52 Å². The third-order valence-electron chi connectivity index (χ3n) is 3.36. The van der Waals surface area contributed by atoms with Gasteiger partial charge in [0.25, 0.3) is 0 Å². The van der Waals surface area contributed by atoms with Crippen molar-refractivity contribution in [2.45, 2.75) is 39.7 Å². The summed E-state index contributed by atoms with van der Waals surface area (Å²) in [6.07, 6.45) is 6.20. The molecule has 0 spiro atoms. The molecule has 21 heavy (non-hydrogen) atoms. The number of aromatic nitrogens is 4. The molecule has 0 aliphatic carbocycles. The van der Waals surface area contributed by atoms with Crippen LogP contribution in [0.1, 0.15) is 44.0 Å². The molecule has 6 nitrogen and oxygen atoms in total. The van der Waals surface area contributed by atoms with E-state index < -0.39 is 0 Å². The summed E-state index contributed by atoms with van der Waals surface area (Å²) in [5.41, 5.74) is 2.01. The zero-order valence-electron chi connectivity index (χ0n) is 12.5. The first-order chi connectivity index (χ1) is 10.2. The highest BCUT2D eigenvalue weighted by molar-refractivity contribution is 5.67. The summed E-state index contributed by atoms with van der Waals surface area (Å²) in [5.74, 6) is 2.73. The van der Waals surface area contributed by atoms with E-state index in [0.29, 0.717) is 18.4 Å². The summed E-state index contributed by atoms with van der Waals surface area (Å²) >= 11 is 0. The van der Waals surface area contributed by atoms with Crippen molar-refractivity contribution < 1.29 is 4.42 Å². The lowest BCUT2D eigenvalue weighted by Gasteiger charge is -2.04. The highest BCUT2D eigenvalue weighted by Crippen LogP contribution is 2.20. The Hall–Kier alpha value is -2.37. The van der Waals surface area contributed by atoms with Crippen molar-refractivity contribution in [1.29, 1.82) is 0 Å². The highest BCUT2D eigenvalue weighted by atomic mass is 16.4. The van der Waals surface area contributed by atoms with Gasteiger partial charge < -0.3 is 9.73 Å². The zero-order valence-corrected chi connectivity index (χ0v) is 12.5. The molecule has 0 radical (unpaired) electrons. The number of nitrogens with one attached hydrogen (secondary N) is 1. The topological polar surface area (TPSA) is 68.2 Å². The predicted octanol–water partition coefficient (Wildman–Crippen LogP) is 3.02. The van der Waals surface area contributed by atoms with Crippen molar-refractivity contribution in [1.82, 2.24) is 19.6 Å². The Bertz CT molecular complexity index is 743. The van der Waals surface area contributed by atoms with Crippen molar-refractivity contribution >= 4 is 11.3 Å². The molecule has 0 aliphatic heterocycles. The van der Waals surface area contributed by atoms with Gasteiger partial charge >= 0.3 is 0 Å². The van der Waals surface area contributed by atoms with Gasteiger partial charge in [-0.3, -0.25) is 0 Å². The highest BCUT2D eigenvalue weighted by Gasteiger charge is 2.10. The minimum atomic E-state index is 0.386. The van der Waals surface area contributed by atoms with E-state index in [-0.39, 0.29) is 0 Å². The standard InChI is InChI=1S/C15H19N5O/c1-4-11-8-17-14(21-11)9-18-15-13-7-12(10(2)3)19-20(13)6-5-16-15/h5-8,10H,4,9H2,1-3H3,(H,16,18). The Kier molecular flexibility index (Phi) is 3.60. The van der Waals surface area contributed by atoms with Crippen LogP contribution in [0.2, 0.25) is 0 Å². The first-order valence-electron chi connectivity index (χ1n) is 7.19. The van der Waals surface area contributed by atoms with Crippen LogP contribution in [0.5, 0.6) is 0 Å². The van der Waals surface area contributed by atoms with Gasteiger partial charge in [-0.1, -0.05) is 20.8 Å². The fraction of sp³-hybridized carbons (Fsp3) is 0.400. The van der Waals surface area contributed by atoms with Crippen LogP contribution in [0.15, 0.2) is 29.1 Å². The van der Waals surface area contributed by atoms with Crippen molar-refractivity contribution in [3.8, 4) is 0 Å². The monoisotopic (exact) mass is 285 g/mol. The Balaban J connectivity index is 1.83. The number of fused-ring (bicyclic) bond motifs is 1. The van der Waals surface area contributed by atoms with E-state index in [0.717, 1.165) is 29.2 Å². The predicted molar refractivity (Wildman–Crippen MR) is 80.3 cm³/mol. The Morgan fingerprint density at radius 2 is 2.19 bits per heavy atom. The second kappa shape index (κ2) is 5.55. The first-order valence-corrected chi connectivity index (χ1v) is 7.19. The lowest BCUT2D eigenvalue weighted by atomic mass is 10.1. The molecule has 0 amide bonds. The largest absolute Gasteiger partial charge is 0.444 e. The Morgan fingerprint density at radius 3 is 2.90 bits per heavy atom. The fourth-order valence-electron chi connectivity index (χ4n) is 2.11. The molecule has 6 heteroatoms. The van der Waals surface area contributed by atoms with E-state index in [2.05, 4.69) is 40.3 Å². The second-order valence-electron chi connectivity index (χ2n) is 5.26. The molecule has 0 saturated heterocycles. The van der Waals surface area contributed by atoms with Crippen LogP contribution in [-0.4, -0.2) is 19.6 Å². The van der Waals surface area contributed by atoms with Gasteiger partial charge in [-0.2, -0.15) is 5.10 Å². The van der Waals surface area contributed by atoms with E-state index in [4.69, 9.17) is 4.42 Å². The van der Waals surface area contributed by atoms with E-state index in [1.807, 2.05) is 17.6 Å². The SMILES string of the molecule is CCc1cnc(CNc2nccn3nc(C(C)C)cc23)o1. The summed E-state index contributed by atoms with van der Waals surface area (Å²) in [5, 5.41) is 7.81. The second-order valence-corrected chi connectivity index (χ2v) is 5.26. The maximum atomic E-state index is 5.59. The van der Waals surface area contributed by atoms with Gasteiger partial charge in [0, 0.05) is 18.8 Å². The lowest BCUT2D eigenvalue weighted by molar-refractivity contribution is 0.465. The maximum absolute atomic E-state index is 5.59. The first kappa shape index (κ1) is 13.6. The van der Waals surface area contributed by atoms with Crippen molar-refractivity contribution in [2.75, 3.05) is 5.32 Å². The zero-order chi connectivity index (χ0) is 14.8. The molecular weight excluding hydrogens is 266 g/mol. The minimum absolute atomic E-state index is 0.386. The summed E-state index contributed by atoms with van der Waals surface area (Å²) in [6, 6.07) is 2.06. The van der Waals surface area contributed by atoms with Gasteiger partial charge in [-0.25, -0.2) is 14.5 Å². The molecule has 0 unspecified atom stereocenters. The molecule has 3 rings (SSSR count). The number of hydrogen-bond donors (Lipinski definition) is 1. The van der Waals surface area contributed by atoms with E-state index in [1.54, 1.807) is 12.4 Å². The molecule has 0 saturated carbocycles. The van der Waals surface area contributed by atoms with Crippen LogP contribution >= 0.6 is 0 Å². The van der Waals surface area contributed by atoms with Crippen LogP contribution < -0.4 is 5.32 Å². The van der Waals surface area contributed by atoms with Crippen molar-refractivity contribution in [3.05, 3.63) is 42.0 Å². The average molecular weight is 285 g/mol. The smallest absolute Gasteiger partial charge is 0.213 e. The summed E-state index contributed by atoms with van der Waals surface area (Å²) < 4.78 is 7.43. The van der Waals surface area contributed by atoms with Gasteiger partial charge in [-0.05, 0) is 12.0 Å². The van der Waals surface area contributed by atoms with Crippen molar-refractivity contribution in [2.24, 2.45) is 0 Å². The number of rotatable bonds is 5. The number of anilines is 1. The number of aryl methyl sites for hydroxylation is 1. The van der Waals surface area contributed by atoms with E-state index >= 15 is 0 Å². The summed E-state index contributed by atoms with van der Waals surface area (Å²) in [4.78, 5) is 8.62. The molecule has 0 atom stereocenters. The third-order valence-corrected chi connectivity index (χ3v) is 3.36. The van der Waals surface area contributed by atoms with Gasteiger partial charge in [0.2, 0.25) is 5.89 Å². The Morgan fingerprint density at radius 1 is 1.33 bits per heavy atom. The van der Waals surface area contributed by atoms with Gasteiger partial charge in [0.1, 0.15) is 11.3 Å². The van der Waals surface area contributed by atoms with Gasteiger partial charge in [-0.15, -0.1) is 0 Å². The van der Waals surface area contributed by atoms with E-state index in [9.17, 15) is 0 Å². The lowest BCUT2D eigenvalue weighted by Crippen LogP contribution is -2.03. The molecule has 0 fully saturated rings. The molecule has 0 aliphatic rings. The fourth-order valence-corrected chi connectivity index (χ4v) is 2.11. The Labute approximate surface area is 123 Å². The summed E-state index contributed by atoms with van der Waals surface area (Å²) in [6.45, 7) is 6.80. The number of nitrogens with zero attached hydrogens (tertiary/aromatic N) is 4. The van der Waals surface area contributed by atoms with Crippen LogP contribution in [0.4, 0.5) is 5.82 Å². The summed E-state index contributed by atoms with van der Waals surface area (Å²) in [7, 11) is 0. The normalized spacial score (nSPS) is 11.4. The number of oxazole rings is 1. The van der Waals surface area contributed by atoms with Gasteiger partial charge in [0.15, 0.2) is 5.82 Å². The molecule has 3 aromatic rings. The average Bonchev–Trinajstić information content (AvgIpc) is 3.11.